The van der Waals surface area contributed by atoms with Crippen molar-refractivity contribution >= 4 is 10.9 Å². The van der Waals surface area contributed by atoms with Crippen LogP contribution in [0.4, 0.5) is 0 Å². The van der Waals surface area contributed by atoms with Gasteiger partial charge in [-0.05, 0) is 18.2 Å². The van der Waals surface area contributed by atoms with Crippen molar-refractivity contribution in [3.05, 3.63) is 60.7 Å². The third-order valence-corrected chi connectivity index (χ3v) is 3.20. The largest absolute Gasteiger partial charge is 0.337 e. The fourth-order valence-electron chi connectivity index (χ4n) is 2.20. The van der Waals surface area contributed by atoms with Crippen LogP contribution in [0.3, 0.4) is 0 Å². The van der Waals surface area contributed by atoms with Gasteiger partial charge in [0.05, 0.1) is 11.7 Å². The Morgan fingerprint density at radius 3 is 2.86 bits per heavy atom. The Bertz CT molecular complexity index is 881. The van der Waals surface area contributed by atoms with E-state index in [2.05, 4.69) is 20.2 Å². The lowest BCUT2D eigenvalue weighted by molar-refractivity contribution is 0.368. The number of pyridine rings is 1. The maximum absolute atomic E-state index is 5.28. The SMILES string of the molecule is c1ccc(-c2noc(Cn3ncc4ccccc43)n2)nc1. The quantitative estimate of drug-likeness (QED) is 0.575. The minimum Gasteiger partial charge on any atom is -0.337 e. The van der Waals surface area contributed by atoms with Gasteiger partial charge in [0.25, 0.3) is 0 Å². The molecular weight excluding hydrogens is 266 g/mol. The van der Waals surface area contributed by atoms with Gasteiger partial charge in [-0.1, -0.05) is 29.4 Å². The number of hydrogen-bond acceptors (Lipinski definition) is 5. The van der Waals surface area contributed by atoms with Crippen molar-refractivity contribution in [1.29, 1.82) is 0 Å². The molecule has 3 heterocycles. The molecule has 6 nitrogen and oxygen atoms in total. The summed E-state index contributed by atoms with van der Waals surface area (Å²) < 4.78 is 7.12. The van der Waals surface area contributed by atoms with Crippen LogP contribution in [0.25, 0.3) is 22.4 Å². The van der Waals surface area contributed by atoms with Gasteiger partial charge in [-0.15, -0.1) is 0 Å². The Balaban J connectivity index is 1.65. The molecule has 0 atom stereocenters. The molecule has 0 aliphatic heterocycles. The van der Waals surface area contributed by atoms with Gasteiger partial charge in [-0.2, -0.15) is 10.1 Å². The van der Waals surface area contributed by atoms with E-state index >= 15 is 0 Å². The first-order chi connectivity index (χ1) is 10.4. The molecule has 0 fully saturated rings. The first-order valence-electron chi connectivity index (χ1n) is 6.55. The van der Waals surface area contributed by atoms with E-state index in [1.54, 1.807) is 6.20 Å². The number of rotatable bonds is 3. The van der Waals surface area contributed by atoms with Crippen LogP contribution in [-0.4, -0.2) is 24.9 Å². The van der Waals surface area contributed by atoms with E-state index in [9.17, 15) is 0 Å². The van der Waals surface area contributed by atoms with Gasteiger partial charge in [0.15, 0.2) is 0 Å². The van der Waals surface area contributed by atoms with Crippen LogP contribution in [0.2, 0.25) is 0 Å². The summed E-state index contributed by atoms with van der Waals surface area (Å²) in [6, 6.07) is 13.6. The van der Waals surface area contributed by atoms with Gasteiger partial charge in [0, 0.05) is 11.6 Å². The lowest BCUT2D eigenvalue weighted by Gasteiger charge is -1.98. The summed E-state index contributed by atoms with van der Waals surface area (Å²) in [6.45, 7) is 0.438. The zero-order chi connectivity index (χ0) is 14.1. The number of para-hydroxylation sites is 1. The van der Waals surface area contributed by atoms with E-state index in [0.717, 1.165) is 10.9 Å². The Hall–Kier alpha value is -3.02. The fourth-order valence-corrected chi connectivity index (χ4v) is 2.20. The molecule has 21 heavy (non-hydrogen) atoms. The molecule has 3 aromatic heterocycles. The highest BCUT2D eigenvalue weighted by Crippen LogP contribution is 2.16. The molecule has 4 aromatic rings. The average Bonchev–Trinajstić information content (AvgIpc) is 3.17. The minimum atomic E-state index is 0.438. The molecule has 0 unspecified atom stereocenters. The summed E-state index contributed by atoms with van der Waals surface area (Å²) in [7, 11) is 0. The highest BCUT2D eigenvalue weighted by atomic mass is 16.5. The third kappa shape index (κ3) is 2.16. The van der Waals surface area contributed by atoms with Crippen LogP contribution in [0.15, 0.2) is 59.4 Å². The molecule has 0 amide bonds. The van der Waals surface area contributed by atoms with Crippen molar-refractivity contribution < 1.29 is 4.52 Å². The predicted molar refractivity (Wildman–Crippen MR) is 76.4 cm³/mol. The molecule has 102 valence electrons. The van der Waals surface area contributed by atoms with Gasteiger partial charge in [-0.3, -0.25) is 9.67 Å². The molecule has 0 N–H and O–H groups in total. The number of benzene rings is 1. The number of hydrogen-bond donors (Lipinski definition) is 0. The molecule has 0 spiro atoms. The zero-order valence-corrected chi connectivity index (χ0v) is 11.0. The first kappa shape index (κ1) is 11.8. The van der Waals surface area contributed by atoms with E-state index in [4.69, 9.17) is 4.52 Å². The van der Waals surface area contributed by atoms with Crippen LogP contribution in [-0.2, 0) is 6.54 Å². The van der Waals surface area contributed by atoms with Crippen molar-refractivity contribution in [2.45, 2.75) is 6.54 Å². The molecule has 0 saturated heterocycles. The molecule has 0 aliphatic rings. The van der Waals surface area contributed by atoms with Crippen LogP contribution < -0.4 is 0 Å². The van der Waals surface area contributed by atoms with E-state index < -0.39 is 0 Å². The second-order valence-corrected chi connectivity index (χ2v) is 4.59. The average molecular weight is 277 g/mol. The van der Waals surface area contributed by atoms with Crippen molar-refractivity contribution in [2.75, 3.05) is 0 Å². The Morgan fingerprint density at radius 1 is 1.05 bits per heavy atom. The number of fused-ring (bicyclic) bond motifs is 1. The van der Waals surface area contributed by atoms with Crippen LogP contribution >= 0.6 is 0 Å². The van der Waals surface area contributed by atoms with E-state index in [1.165, 1.54) is 0 Å². The fraction of sp³-hybridized carbons (Fsp3) is 0.0667. The van der Waals surface area contributed by atoms with Crippen molar-refractivity contribution in [3.8, 4) is 11.5 Å². The number of aromatic nitrogens is 5. The summed E-state index contributed by atoms with van der Waals surface area (Å²) >= 11 is 0. The van der Waals surface area contributed by atoms with Gasteiger partial charge in [0.1, 0.15) is 12.2 Å². The number of nitrogens with zero attached hydrogens (tertiary/aromatic N) is 5. The maximum Gasteiger partial charge on any atom is 0.248 e. The maximum atomic E-state index is 5.28. The van der Waals surface area contributed by atoms with E-state index in [0.29, 0.717) is 24.0 Å². The molecule has 4 rings (SSSR count). The van der Waals surface area contributed by atoms with Gasteiger partial charge >= 0.3 is 0 Å². The molecular formula is C15H11N5O. The second-order valence-electron chi connectivity index (χ2n) is 4.59. The van der Waals surface area contributed by atoms with Gasteiger partial charge in [-0.25, -0.2) is 0 Å². The zero-order valence-electron chi connectivity index (χ0n) is 11.0. The smallest absolute Gasteiger partial charge is 0.248 e. The third-order valence-electron chi connectivity index (χ3n) is 3.20. The second kappa shape index (κ2) is 4.82. The first-order valence-corrected chi connectivity index (χ1v) is 6.55. The summed E-state index contributed by atoms with van der Waals surface area (Å²) in [6.07, 6.45) is 3.53. The highest BCUT2D eigenvalue weighted by Gasteiger charge is 2.11. The molecule has 6 heteroatoms. The van der Waals surface area contributed by atoms with Crippen molar-refractivity contribution in [3.63, 3.8) is 0 Å². The summed E-state index contributed by atoms with van der Waals surface area (Å²) in [5.41, 5.74) is 1.73. The normalized spacial score (nSPS) is 11.0. The van der Waals surface area contributed by atoms with Crippen LogP contribution in [0.5, 0.6) is 0 Å². The lowest BCUT2D eigenvalue weighted by atomic mass is 10.3. The molecule has 0 saturated carbocycles. The molecule has 0 radical (unpaired) electrons. The lowest BCUT2D eigenvalue weighted by Crippen LogP contribution is -2.01. The van der Waals surface area contributed by atoms with Crippen LogP contribution in [0, 0.1) is 0 Å². The standard InChI is InChI=1S/C15H11N5O/c1-2-7-13-11(5-1)9-17-20(13)10-14-18-15(19-21-14)12-6-3-4-8-16-12/h1-9H,10H2. The Labute approximate surface area is 120 Å². The highest BCUT2D eigenvalue weighted by molar-refractivity contribution is 5.78. The van der Waals surface area contributed by atoms with E-state index in [1.807, 2.05) is 53.3 Å². The molecule has 0 aliphatic carbocycles. The minimum absolute atomic E-state index is 0.438. The summed E-state index contributed by atoms with van der Waals surface area (Å²) in [5.74, 6) is 0.992. The van der Waals surface area contributed by atoms with Crippen LogP contribution in [0.1, 0.15) is 5.89 Å². The summed E-state index contributed by atoms with van der Waals surface area (Å²) in [4.78, 5) is 8.56. The van der Waals surface area contributed by atoms with Crippen molar-refractivity contribution in [2.24, 2.45) is 0 Å². The topological polar surface area (TPSA) is 69.6 Å². The van der Waals surface area contributed by atoms with Gasteiger partial charge < -0.3 is 4.52 Å². The van der Waals surface area contributed by atoms with Crippen molar-refractivity contribution in [1.82, 2.24) is 24.9 Å². The predicted octanol–water partition coefficient (Wildman–Crippen LogP) is 2.53. The van der Waals surface area contributed by atoms with Gasteiger partial charge in [0.2, 0.25) is 11.7 Å². The monoisotopic (exact) mass is 277 g/mol. The van der Waals surface area contributed by atoms with E-state index in [-0.39, 0.29) is 0 Å². The summed E-state index contributed by atoms with van der Waals surface area (Å²) in [5, 5.41) is 9.39. The molecule has 0 bridgehead atoms. The Morgan fingerprint density at radius 2 is 1.95 bits per heavy atom. The molecule has 1 aromatic carbocycles. The Kier molecular flexibility index (Phi) is 2.71.